The number of rotatable bonds is 13. The summed E-state index contributed by atoms with van der Waals surface area (Å²) in [6, 6.07) is 4.94. The number of halogens is 1. The molecule has 2 unspecified atom stereocenters. The van der Waals surface area contributed by atoms with Crippen molar-refractivity contribution < 1.29 is 23.6 Å². The van der Waals surface area contributed by atoms with E-state index in [1.165, 1.54) is 17.8 Å². The second-order valence-electron chi connectivity index (χ2n) is 12.4. The second kappa shape index (κ2) is 16.0. The quantitative estimate of drug-likeness (QED) is 0.294. The van der Waals surface area contributed by atoms with Gasteiger partial charge in [-0.1, -0.05) is 13.0 Å². The topological polar surface area (TPSA) is 129 Å². The first-order valence-corrected chi connectivity index (χ1v) is 16.2. The number of aryl methyl sites for hydroxylation is 2. The number of likely N-dealkylation sites (N-methyl/N-ethyl adjacent to an activating group) is 1. The van der Waals surface area contributed by atoms with Crippen molar-refractivity contribution in [3.63, 3.8) is 0 Å². The summed E-state index contributed by atoms with van der Waals surface area (Å²) in [6.45, 7) is 9.48. The molecule has 2 saturated carbocycles. The van der Waals surface area contributed by atoms with E-state index in [1.54, 1.807) is 17.9 Å². The van der Waals surface area contributed by atoms with Crippen LogP contribution in [0.1, 0.15) is 57.2 Å². The first-order valence-electron chi connectivity index (χ1n) is 16.2. The van der Waals surface area contributed by atoms with Crippen LogP contribution in [0.4, 0.5) is 10.1 Å². The smallest absolute Gasteiger partial charge is 0.247 e. The molecular weight excluding hydrogens is 577 g/mol. The standard InChI is InChI=1S/C27H38FN5O4.C6H10N2/c1-3-23(35)30-22(27(37)33-12-10-32(2)11-13-33)15-17-4-9-21(20(28)14-17)31-26(36)25(29-16-34)24(18-5-6-18)19-7-8-19;1-3-8-6(2)4-5-7-8/h4,9,14,16,18-19,22,24-25H,3,5-8,10-13,15H2,1-2H3,(H,29,34)(H,30,35)(H,31,36);4-5H,3H2,1-2H3. The van der Waals surface area contributed by atoms with Crippen LogP contribution in [0.15, 0.2) is 30.5 Å². The number of hydrogen-bond donors (Lipinski definition) is 3. The van der Waals surface area contributed by atoms with E-state index in [-0.39, 0.29) is 36.3 Å². The lowest BCUT2D eigenvalue weighted by atomic mass is 9.89. The second-order valence-corrected chi connectivity index (χ2v) is 12.4. The molecule has 11 nitrogen and oxygen atoms in total. The molecule has 1 aromatic carbocycles. The maximum atomic E-state index is 15.1. The molecule has 0 radical (unpaired) electrons. The van der Waals surface area contributed by atoms with Gasteiger partial charge in [0.2, 0.25) is 24.1 Å². The molecule has 2 aliphatic carbocycles. The van der Waals surface area contributed by atoms with E-state index in [2.05, 4.69) is 39.8 Å². The van der Waals surface area contributed by atoms with E-state index in [9.17, 15) is 19.2 Å². The predicted molar refractivity (Wildman–Crippen MR) is 170 cm³/mol. The molecule has 1 aliphatic heterocycles. The zero-order valence-corrected chi connectivity index (χ0v) is 26.9. The molecule has 2 heterocycles. The zero-order valence-electron chi connectivity index (χ0n) is 26.9. The van der Waals surface area contributed by atoms with Crippen LogP contribution in [0.3, 0.4) is 0 Å². The first kappa shape index (κ1) is 34.1. The molecular formula is C33H48FN7O4. The van der Waals surface area contributed by atoms with Gasteiger partial charge in [0.05, 0.1) is 5.69 Å². The number of piperazine rings is 1. The monoisotopic (exact) mass is 625 g/mol. The molecule has 1 aromatic heterocycles. The van der Waals surface area contributed by atoms with Crippen LogP contribution >= 0.6 is 0 Å². The SMILES string of the molecule is CCC(=O)NC(Cc1ccc(NC(=O)C(NC=O)C(C2CC2)C2CC2)c(F)c1)C(=O)N1CCN(C)CC1.CCn1nccc1C. The number of anilines is 1. The van der Waals surface area contributed by atoms with Gasteiger partial charge < -0.3 is 25.8 Å². The lowest BCUT2D eigenvalue weighted by Gasteiger charge is -2.34. The highest BCUT2D eigenvalue weighted by Crippen LogP contribution is 2.50. The molecule has 0 bridgehead atoms. The number of carbonyl (C=O) groups is 4. The summed E-state index contributed by atoms with van der Waals surface area (Å²) in [5.74, 6) is -0.533. The van der Waals surface area contributed by atoms with Gasteiger partial charge in [-0.05, 0) is 88.1 Å². The Bertz CT molecular complexity index is 1310. The van der Waals surface area contributed by atoms with E-state index in [0.29, 0.717) is 36.9 Å². The Labute approximate surface area is 265 Å². The molecule has 5 rings (SSSR count). The minimum Gasteiger partial charge on any atom is -0.347 e. The lowest BCUT2D eigenvalue weighted by molar-refractivity contribution is -0.137. The number of carbonyl (C=O) groups excluding carboxylic acids is 4. The lowest BCUT2D eigenvalue weighted by Crippen LogP contribution is -2.54. The van der Waals surface area contributed by atoms with E-state index >= 15 is 4.39 Å². The Balaban J connectivity index is 0.000000501. The maximum absolute atomic E-state index is 15.1. The van der Waals surface area contributed by atoms with Gasteiger partial charge >= 0.3 is 0 Å². The molecule has 2 aromatic rings. The highest BCUT2D eigenvalue weighted by molar-refractivity contribution is 5.96. The summed E-state index contributed by atoms with van der Waals surface area (Å²) < 4.78 is 17.0. The number of hydrogen-bond acceptors (Lipinski definition) is 6. The fourth-order valence-electron chi connectivity index (χ4n) is 6.03. The van der Waals surface area contributed by atoms with Crippen molar-refractivity contribution in [3.8, 4) is 0 Å². The van der Waals surface area contributed by atoms with Gasteiger partial charge in [-0.15, -0.1) is 0 Å². The summed E-state index contributed by atoms with van der Waals surface area (Å²) in [4.78, 5) is 53.5. The minimum atomic E-state index is -0.797. The van der Waals surface area contributed by atoms with E-state index in [0.717, 1.165) is 45.3 Å². The van der Waals surface area contributed by atoms with Crippen LogP contribution < -0.4 is 16.0 Å². The van der Waals surface area contributed by atoms with Crippen LogP contribution in [0, 0.1) is 30.5 Å². The molecule has 3 aliphatic rings. The van der Waals surface area contributed by atoms with Crippen LogP contribution in [-0.4, -0.2) is 89.0 Å². The van der Waals surface area contributed by atoms with Gasteiger partial charge in [-0.2, -0.15) is 5.10 Å². The van der Waals surface area contributed by atoms with Crippen molar-refractivity contribution in [2.24, 2.45) is 17.8 Å². The minimum absolute atomic E-state index is 0.0244. The third-order valence-corrected chi connectivity index (χ3v) is 8.98. The van der Waals surface area contributed by atoms with Gasteiger partial charge in [0.25, 0.3) is 0 Å². The van der Waals surface area contributed by atoms with Crippen LogP contribution in [-0.2, 0) is 32.1 Å². The van der Waals surface area contributed by atoms with Crippen LogP contribution in [0.2, 0.25) is 0 Å². The average molecular weight is 626 g/mol. The summed E-state index contributed by atoms with van der Waals surface area (Å²) in [6.07, 6.45) is 6.96. The Kier molecular flexibility index (Phi) is 12.1. The van der Waals surface area contributed by atoms with Gasteiger partial charge in [-0.3, -0.25) is 23.9 Å². The van der Waals surface area contributed by atoms with Crippen LogP contribution in [0.25, 0.3) is 0 Å². The van der Waals surface area contributed by atoms with Crippen molar-refractivity contribution in [3.05, 3.63) is 47.5 Å². The highest BCUT2D eigenvalue weighted by Gasteiger charge is 2.47. The largest absolute Gasteiger partial charge is 0.347 e. The summed E-state index contributed by atoms with van der Waals surface area (Å²) in [5.41, 5.74) is 1.79. The van der Waals surface area contributed by atoms with E-state index in [1.807, 2.05) is 24.0 Å². The molecule has 1 saturated heterocycles. The summed E-state index contributed by atoms with van der Waals surface area (Å²) in [7, 11) is 2.00. The summed E-state index contributed by atoms with van der Waals surface area (Å²) in [5, 5.41) is 12.2. The number of benzene rings is 1. The third-order valence-electron chi connectivity index (χ3n) is 8.98. The Morgan fingerprint density at radius 3 is 2.20 bits per heavy atom. The number of amides is 4. The number of aromatic nitrogens is 2. The molecule has 0 spiro atoms. The van der Waals surface area contributed by atoms with Gasteiger partial charge in [-0.25, -0.2) is 4.39 Å². The van der Waals surface area contributed by atoms with E-state index < -0.39 is 23.8 Å². The van der Waals surface area contributed by atoms with Gasteiger partial charge in [0, 0.05) is 57.5 Å². The predicted octanol–water partition coefficient (Wildman–Crippen LogP) is 2.74. The van der Waals surface area contributed by atoms with Gasteiger partial charge in [0.15, 0.2) is 0 Å². The molecule has 45 heavy (non-hydrogen) atoms. The Morgan fingerprint density at radius 1 is 1.04 bits per heavy atom. The van der Waals surface area contributed by atoms with Crippen molar-refractivity contribution in [1.29, 1.82) is 0 Å². The van der Waals surface area contributed by atoms with Gasteiger partial charge in [0.1, 0.15) is 17.9 Å². The Hall–Kier alpha value is -3.80. The third kappa shape index (κ3) is 9.59. The fraction of sp³-hybridized carbons (Fsp3) is 0.606. The molecule has 2 atom stereocenters. The Morgan fingerprint density at radius 2 is 1.71 bits per heavy atom. The number of nitrogens with zero attached hydrogens (tertiary/aromatic N) is 4. The normalized spacial score (nSPS) is 18.0. The molecule has 3 fully saturated rings. The fourth-order valence-corrected chi connectivity index (χ4v) is 6.03. The molecule has 3 N–H and O–H groups in total. The van der Waals surface area contributed by atoms with Crippen molar-refractivity contribution in [1.82, 2.24) is 30.2 Å². The highest BCUT2D eigenvalue weighted by atomic mass is 19.1. The zero-order chi connectivity index (χ0) is 32.5. The first-order chi connectivity index (χ1) is 21.6. The van der Waals surface area contributed by atoms with Crippen molar-refractivity contribution >= 4 is 29.8 Å². The number of nitrogens with one attached hydrogen (secondary N) is 3. The molecule has 246 valence electrons. The van der Waals surface area contributed by atoms with Crippen molar-refractivity contribution in [2.75, 3.05) is 38.5 Å². The molecule has 12 heteroatoms. The molecule has 4 amide bonds. The van der Waals surface area contributed by atoms with Crippen molar-refractivity contribution in [2.45, 2.75) is 77.9 Å². The average Bonchev–Trinajstić information content (AvgIpc) is 3.98. The van der Waals surface area contributed by atoms with Crippen LogP contribution in [0.5, 0.6) is 0 Å². The maximum Gasteiger partial charge on any atom is 0.247 e. The summed E-state index contributed by atoms with van der Waals surface area (Å²) >= 11 is 0. The van der Waals surface area contributed by atoms with E-state index in [4.69, 9.17) is 0 Å².